The summed E-state index contributed by atoms with van der Waals surface area (Å²) in [5.74, 6) is 0.627. The third-order valence-electron chi connectivity index (χ3n) is 2.99. The number of carbonyl (C=O) groups excluding carboxylic acids is 2. The predicted molar refractivity (Wildman–Crippen MR) is 82.7 cm³/mol. The van der Waals surface area contributed by atoms with Crippen molar-refractivity contribution in [2.24, 2.45) is 0 Å². The fourth-order valence-electron chi connectivity index (χ4n) is 1.86. The molecule has 0 aliphatic rings. The van der Waals surface area contributed by atoms with Gasteiger partial charge >= 0.3 is 0 Å². The summed E-state index contributed by atoms with van der Waals surface area (Å²) in [7, 11) is 0. The number of hydrogen-bond donors (Lipinski definition) is 1. The number of halogens is 1. The molecule has 0 unspecified atom stereocenters. The Balaban J connectivity index is 1.86. The van der Waals surface area contributed by atoms with Crippen molar-refractivity contribution in [2.45, 2.75) is 13.8 Å². The maximum absolute atomic E-state index is 12.0. The standard InChI is InChI=1S/C16H16ClNO4/c1-10(19)15-9-12(11(2)22-15)16(20)18-7-8-21-14-6-4-3-5-13(14)17/h3-6,9H,7-8H2,1-2H3,(H,18,20). The van der Waals surface area contributed by atoms with Crippen LogP contribution in [0.1, 0.15) is 33.6 Å². The Morgan fingerprint density at radius 1 is 1.32 bits per heavy atom. The van der Waals surface area contributed by atoms with Gasteiger partial charge in [0.1, 0.15) is 18.1 Å². The van der Waals surface area contributed by atoms with Gasteiger partial charge in [0.2, 0.25) is 0 Å². The van der Waals surface area contributed by atoms with E-state index in [1.165, 1.54) is 13.0 Å². The summed E-state index contributed by atoms with van der Waals surface area (Å²) in [6.45, 7) is 3.62. The van der Waals surface area contributed by atoms with Crippen LogP contribution in [0.3, 0.4) is 0 Å². The number of Topliss-reactive ketones (excluding diaryl/α,β-unsaturated/α-hetero) is 1. The third kappa shape index (κ3) is 3.89. The van der Waals surface area contributed by atoms with Crippen LogP contribution < -0.4 is 10.1 Å². The molecule has 0 radical (unpaired) electrons. The van der Waals surface area contributed by atoms with E-state index in [0.29, 0.717) is 28.6 Å². The molecule has 1 aromatic heterocycles. The maximum atomic E-state index is 12.0. The first-order valence-electron chi connectivity index (χ1n) is 6.76. The average molecular weight is 322 g/mol. The quantitative estimate of drug-likeness (QED) is 0.655. The molecule has 0 saturated carbocycles. The molecule has 0 aliphatic carbocycles. The number of ether oxygens (including phenoxy) is 1. The first-order chi connectivity index (χ1) is 10.5. The number of ketones is 1. The van der Waals surface area contributed by atoms with E-state index >= 15 is 0 Å². The molecule has 6 heteroatoms. The lowest BCUT2D eigenvalue weighted by Gasteiger charge is -2.08. The SMILES string of the molecule is CC(=O)c1cc(C(=O)NCCOc2ccccc2Cl)c(C)o1. The number of amides is 1. The Labute approximate surface area is 133 Å². The summed E-state index contributed by atoms with van der Waals surface area (Å²) in [5, 5.41) is 3.22. The van der Waals surface area contributed by atoms with Gasteiger partial charge in [0.15, 0.2) is 11.5 Å². The molecule has 22 heavy (non-hydrogen) atoms. The summed E-state index contributed by atoms with van der Waals surface area (Å²) in [5.41, 5.74) is 0.350. The van der Waals surface area contributed by atoms with Crippen LogP contribution in [0, 0.1) is 6.92 Å². The van der Waals surface area contributed by atoms with Crippen molar-refractivity contribution in [3.05, 3.63) is 52.4 Å². The number of rotatable bonds is 6. The van der Waals surface area contributed by atoms with Crippen molar-refractivity contribution in [1.29, 1.82) is 0 Å². The second-order valence-corrected chi connectivity index (χ2v) is 5.08. The molecule has 0 spiro atoms. The normalized spacial score (nSPS) is 10.3. The number of para-hydroxylation sites is 1. The molecule has 0 aliphatic heterocycles. The Morgan fingerprint density at radius 2 is 2.05 bits per heavy atom. The molecule has 116 valence electrons. The first-order valence-corrected chi connectivity index (χ1v) is 7.13. The molecule has 1 N–H and O–H groups in total. The van der Waals surface area contributed by atoms with Crippen molar-refractivity contribution in [2.75, 3.05) is 13.2 Å². The minimum absolute atomic E-state index is 0.176. The van der Waals surface area contributed by atoms with Crippen molar-refractivity contribution in [3.63, 3.8) is 0 Å². The zero-order chi connectivity index (χ0) is 16.1. The maximum Gasteiger partial charge on any atom is 0.254 e. The lowest BCUT2D eigenvalue weighted by atomic mass is 10.2. The van der Waals surface area contributed by atoms with Gasteiger partial charge in [-0.2, -0.15) is 0 Å². The molecule has 5 nitrogen and oxygen atoms in total. The van der Waals surface area contributed by atoms with Crippen LogP contribution in [-0.2, 0) is 0 Å². The van der Waals surface area contributed by atoms with Gasteiger partial charge in [-0.25, -0.2) is 0 Å². The highest BCUT2D eigenvalue weighted by molar-refractivity contribution is 6.32. The van der Waals surface area contributed by atoms with Gasteiger partial charge < -0.3 is 14.5 Å². The molecular formula is C16H16ClNO4. The molecule has 1 aromatic carbocycles. The van der Waals surface area contributed by atoms with Crippen LogP contribution in [0.25, 0.3) is 0 Å². The summed E-state index contributed by atoms with van der Waals surface area (Å²) in [6, 6.07) is 8.56. The van der Waals surface area contributed by atoms with Gasteiger partial charge in [0.25, 0.3) is 5.91 Å². The van der Waals surface area contributed by atoms with Gasteiger partial charge in [-0.05, 0) is 19.1 Å². The second-order valence-electron chi connectivity index (χ2n) is 4.67. The molecule has 1 heterocycles. The van der Waals surface area contributed by atoms with E-state index in [0.717, 1.165) is 0 Å². The molecule has 1 amide bonds. The summed E-state index contributed by atoms with van der Waals surface area (Å²) < 4.78 is 10.7. The third-order valence-corrected chi connectivity index (χ3v) is 3.30. The van der Waals surface area contributed by atoms with Crippen molar-refractivity contribution in [3.8, 4) is 5.75 Å². The minimum atomic E-state index is -0.309. The van der Waals surface area contributed by atoms with Crippen LogP contribution in [0.5, 0.6) is 5.75 Å². The molecule has 0 saturated heterocycles. The van der Waals surface area contributed by atoms with Crippen LogP contribution >= 0.6 is 11.6 Å². The summed E-state index contributed by atoms with van der Waals surface area (Å²) in [4.78, 5) is 23.2. The number of benzene rings is 1. The van der Waals surface area contributed by atoms with Crippen LogP contribution in [0.2, 0.25) is 5.02 Å². The lowest BCUT2D eigenvalue weighted by molar-refractivity contribution is 0.0943. The van der Waals surface area contributed by atoms with E-state index in [2.05, 4.69) is 5.32 Å². The molecule has 0 fully saturated rings. The number of aryl methyl sites for hydroxylation is 1. The fraction of sp³-hybridized carbons (Fsp3) is 0.250. The minimum Gasteiger partial charge on any atom is -0.490 e. The molecule has 0 bridgehead atoms. The number of hydrogen-bond acceptors (Lipinski definition) is 4. The van der Waals surface area contributed by atoms with E-state index < -0.39 is 0 Å². The van der Waals surface area contributed by atoms with Gasteiger partial charge in [-0.3, -0.25) is 9.59 Å². The number of furan rings is 1. The average Bonchev–Trinajstić information content (AvgIpc) is 2.87. The first kappa shape index (κ1) is 16.1. The van der Waals surface area contributed by atoms with E-state index in [1.54, 1.807) is 19.1 Å². The van der Waals surface area contributed by atoms with Gasteiger partial charge in [0.05, 0.1) is 17.1 Å². The van der Waals surface area contributed by atoms with Crippen molar-refractivity contribution in [1.82, 2.24) is 5.32 Å². The molecule has 2 rings (SSSR count). The van der Waals surface area contributed by atoms with Gasteiger partial charge in [0, 0.05) is 13.0 Å². The summed E-state index contributed by atoms with van der Waals surface area (Å²) >= 11 is 5.96. The lowest BCUT2D eigenvalue weighted by Crippen LogP contribution is -2.28. The number of carbonyl (C=O) groups is 2. The van der Waals surface area contributed by atoms with Crippen LogP contribution in [0.15, 0.2) is 34.7 Å². The second kappa shape index (κ2) is 7.13. The summed E-state index contributed by atoms with van der Waals surface area (Å²) in [6.07, 6.45) is 0. The highest BCUT2D eigenvalue weighted by Crippen LogP contribution is 2.22. The van der Waals surface area contributed by atoms with Crippen LogP contribution in [-0.4, -0.2) is 24.8 Å². The highest BCUT2D eigenvalue weighted by atomic mass is 35.5. The highest BCUT2D eigenvalue weighted by Gasteiger charge is 2.16. The Hall–Kier alpha value is -2.27. The molecule has 0 atom stereocenters. The Kier molecular flexibility index (Phi) is 5.22. The van der Waals surface area contributed by atoms with Gasteiger partial charge in [-0.15, -0.1) is 0 Å². The van der Waals surface area contributed by atoms with E-state index in [4.69, 9.17) is 20.8 Å². The zero-order valence-electron chi connectivity index (χ0n) is 12.3. The molecular weight excluding hydrogens is 306 g/mol. The smallest absolute Gasteiger partial charge is 0.254 e. The van der Waals surface area contributed by atoms with Gasteiger partial charge in [-0.1, -0.05) is 23.7 Å². The van der Waals surface area contributed by atoms with E-state index in [-0.39, 0.29) is 24.1 Å². The Morgan fingerprint density at radius 3 is 2.68 bits per heavy atom. The monoisotopic (exact) mass is 321 g/mol. The topological polar surface area (TPSA) is 68.5 Å². The largest absolute Gasteiger partial charge is 0.490 e. The predicted octanol–water partition coefficient (Wildman–Crippen LogP) is 3.25. The van der Waals surface area contributed by atoms with E-state index in [1.807, 2.05) is 12.1 Å². The van der Waals surface area contributed by atoms with E-state index in [9.17, 15) is 9.59 Å². The zero-order valence-corrected chi connectivity index (χ0v) is 13.1. The fourth-order valence-corrected chi connectivity index (χ4v) is 2.05. The number of nitrogens with one attached hydrogen (secondary N) is 1. The molecule has 2 aromatic rings. The van der Waals surface area contributed by atoms with Crippen molar-refractivity contribution < 1.29 is 18.7 Å². The Bertz CT molecular complexity index is 693. The van der Waals surface area contributed by atoms with Crippen LogP contribution in [0.4, 0.5) is 0 Å². The van der Waals surface area contributed by atoms with Crippen molar-refractivity contribution >= 4 is 23.3 Å².